The van der Waals surface area contributed by atoms with E-state index in [1.54, 1.807) is 41.3 Å². The van der Waals surface area contributed by atoms with Crippen molar-refractivity contribution < 1.29 is 19.4 Å². The third kappa shape index (κ3) is 4.35. The molecule has 1 heterocycles. The van der Waals surface area contributed by atoms with Crippen molar-refractivity contribution in [2.75, 3.05) is 13.1 Å². The Morgan fingerprint density at radius 3 is 1.97 bits per heavy atom. The summed E-state index contributed by atoms with van der Waals surface area (Å²) in [5.41, 5.74) is 2.90. The van der Waals surface area contributed by atoms with Gasteiger partial charge in [0.2, 0.25) is 6.10 Å². The highest BCUT2D eigenvalue weighted by Crippen LogP contribution is 2.26. The minimum atomic E-state index is -0.950. The summed E-state index contributed by atoms with van der Waals surface area (Å²) < 4.78 is 5.69. The van der Waals surface area contributed by atoms with Crippen molar-refractivity contribution in [1.82, 2.24) is 4.90 Å². The smallest absolute Gasteiger partial charge is 0.339 e. The molecule has 1 aliphatic heterocycles. The van der Waals surface area contributed by atoms with Crippen LogP contribution in [0.4, 0.5) is 0 Å². The van der Waals surface area contributed by atoms with Crippen LogP contribution in [0, 0.1) is 0 Å². The van der Waals surface area contributed by atoms with E-state index in [9.17, 15) is 14.7 Å². The number of rotatable bonds is 5. The Labute approximate surface area is 175 Å². The van der Waals surface area contributed by atoms with Crippen molar-refractivity contribution in [3.63, 3.8) is 0 Å². The summed E-state index contributed by atoms with van der Waals surface area (Å²) in [4.78, 5) is 27.6. The maximum absolute atomic E-state index is 13.0. The first-order valence-corrected chi connectivity index (χ1v) is 10.1. The molecule has 3 aromatic rings. The van der Waals surface area contributed by atoms with Crippen molar-refractivity contribution in [1.29, 1.82) is 0 Å². The first-order valence-electron chi connectivity index (χ1n) is 10.1. The average Bonchev–Trinajstić information content (AvgIpc) is 3.33. The second-order valence-electron chi connectivity index (χ2n) is 7.35. The number of benzene rings is 3. The van der Waals surface area contributed by atoms with Crippen LogP contribution in [0.3, 0.4) is 0 Å². The van der Waals surface area contributed by atoms with Crippen molar-refractivity contribution in [2.24, 2.45) is 0 Å². The maximum atomic E-state index is 13.0. The van der Waals surface area contributed by atoms with Crippen molar-refractivity contribution in [2.45, 2.75) is 18.9 Å². The van der Waals surface area contributed by atoms with Crippen LogP contribution in [0.15, 0.2) is 78.9 Å². The Kier molecular flexibility index (Phi) is 5.80. The van der Waals surface area contributed by atoms with Gasteiger partial charge in [-0.3, -0.25) is 4.79 Å². The van der Waals surface area contributed by atoms with E-state index in [1.807, 2.05) is 42.5 Å². The zero-order valence-corrected chi connectivity index (χ0v) is 16.5. The molecule has 1 saturated heterocycles. The zero-order chi connectivity index (χ0) is 20.9. The Hall–Kier alpha value is -3.60. The minimum absolute atomic E-state index is 0.173. The van der Waals surface area contributed by atoms with Crippen molar-refractivity contribution >= 4 is 11.9 Å². The molecule has 5 nitrogen and oxygen atoms in total. The van der Waals surface area contributed by atoms with Crippen LogP contribution in [-0.2, 0) is 9.53 Å². The Morgan fingerprint density at radius 2 is 1.37 bits per heavy atom. The van der Waals surface area contributed by atoms with E-state index in [0.717, 1.165) is 24.0 Å². The van der Waals surface area contributed by atoms with Gasteiger partial charge in [-0.05, 0) is 48.2 Å². The fourth-order valence-corrected chi connectivity index (χ4v) is 3.62. The van der Waals surface area contributed by atoms with Crippen LogP contribution >= 0.6 is 0 Å². The molecular weight excluding hydrogens is 378 g/mol. The monoisotopic (exact) mass is 401 g/mol. The molecule has 1 amide bonds. The van der Waals surface area contributed by atoms with E-state index in [-0.39, 0.29) is 11.7 Å². The SMILES string of the molecule is O=C(O[C@@H](C(=O)N1CCCC1)c1ccccc1)c1ccc(-c2ccc(O)cc2)cc1. The molecule has 0 spiro atoms. The summed E-state index contributed by atoms with van der Waals surface area (Å²) >= 11 is 0. The largest absolute Gasteiger partial charge is 0.508 e. The molecule has 0 aromatic heterocycles. The number of hydrogen-bond donors (Lipinski definition) is 1. The predicted octanol–water partition coefficient (Wildman–Crippen LogP) is 4.58. The second kappa shape index (κ2) is 8.82. The fraction of sp³-hybridized carbons (Fsp3) is 0.200. The molecule has 1 N–H and O–H groups in total. The van der Waals surface area contributed by atoms with Gasteiger partial charge < -0.3 is 14.7 Å². The van der Waals surface area contributed by atoms with Crippen molar-refractivity contribution in [3.8, 4) is 16.9 Å². The number of nitrogens with zero attached hydrogens (tertiary/aromatic N) is 1. The van der Waals surface area contributed by atoms with Gasteiger partial charge >= 0.3 is 5.97 Å². The summed E-state index contributed by atoms with van der Waals surface area (Å²) in [6.07, 6.45) is 0.994. The van der Waals surface area contributed by atoms with E-state index in [0.29, 0.717) is 24.2 Å². The Balaban J connectivity index is 1.53. The molecule has 3 aromatic carbocycles. The Bertz CT molecular complexity index is 1010. The first kappa shape index (κ1) is 19.7. The van der Waals surface area contributed by atoms with Crippen LogP contribution in [0.25, 0.3) is 11.1 Å². The van der Waals surface area contributed by atoms with Gasteiger partial charge in [0.15, 0.2) is 0 Å². The average molecular weight is 401 g/mol. The highest BCUT2D eigenvalue weighted by molar-refractivity contribution is 5.93. The quantitative estimate of drug-likeness (QED) is 0.636. The normalized spacial score (nSPS) is 14.3. The van der Waals surface area contributed by atoms with Gasteiger partial charge in [0.05, 0.1) is 5.56 Å². The third-order valence-corrected chi connectivity index (χ3v) is 5.29. The number of phenols is 1. The molecule has 1 aliphatic rings. The molecule has 4 rings (SSSR count). The topological polar surface area (TPSA) is 66.8 Å². The lowest BCUT2D eigenvalue weighted by atomic mass is 10.0. The summed E-state index contributed by atoms with van der Waals surface area (Å²) in [6.45, 7) is 1.39. The fourth-order valence-electron chi connectivity index (χ4n) is 3.62. The lowest BCUT2D eigenvalue weighted by molar-refractivity contribution is -0.140. The molecule has 30 heavy (non-hydrogen) atoms. The standard InChI is InChI=1S/C25H23NO4/c27-22-14-12-19(13-15-22)18-8-10-21(11-9-18)25(29)30-23(20-6-2-1-3-7-20)24(28)26-16-4-5-17-26/h1-3,6-15,23,27H,4-5,16-17H2/t23-/m1/s1. The first-order chi connectivity index (χ1) is 14.6. The predicted molar refractivity (Wildman–Crippen MR) is 114 cm³/mol. The van der Waals surface area contributed by atoms with Gasteiger partial charge in [-0.15, -0.1) is 0 Å². The van der Waals surface area contributed by atoms with Gasteiger partial charge in [0.25, 0.3) is 5.91 Å². The molecule has 0 bridgehead atoms. The molecule has 0 saturated carbocycles. The molecule has 152 valence electrons. The van der Waals surface area contributed by atoms with E-state index >= 15 is 0 Å². The van der Waals surface area contributed by atoms with E-state index in [1.165, 1.54) is 0 Å². The number of ether oxygens (including phenoxy) is 1. The van der Waals surface area contributed by atoms with Crippen LogP contribution in [0.2, 0.25) is 0 Å². The molecular formula is C25H23NO4. The van der Waals surface area contributed by atoms with E-state index in [2.05, 4.69) is 0 Å². The molecule has 5 heteroatoms. The van der Waals surface area contributed by atoms with E-state index in [4.69, 9.17) is 4.74 Å². The van der Waals surface area contributed by atoms with Crippen LogP contribution < -0.4 is 0 Å². The maximum Gasteiger partial charge on any atom is 0.339 e. The summed E-state index contributed by atoms with van der Waals surface area (Å²) in [5, 5.41) is 9.43. The number of likely N-dealkylation sites (tertiary alicyclic amines) is 1. The summed E-state index contributed by atoms with van der Waals surface area (Å²) in [5.74, 6) is -0.505. The lowest BCUT2D eigenvalue weighted by Gasteiger charge is -2.23. The third-order valence-electron chi connectivity index (χ3n) is 5.29. The summed E-state index contributed by atoms with van der Waals surface area (Å²) in [6, 6.07) is 23.0. The highest BCUT2D eigenvalue weighted by Gasteiger charge is 2.31. The number of carbonyl (C=O) groups is 2. The zero-order valence-electron chi connectivity index (χ0n) is 16.5. The highest BCUT2D eigenvalue weighted by atomic mass is 16.5. The number of phenolic OH excluding ortho intramolecular Hbond substituents is 1. The number of aromatic hydroxyl groups is 1. The van der Waals surface area contributed by atoms with Gasteiger partial charge in [0, 0.05) is 18.7 Å². The van der Waals surface area contributed by atoms with Crippen LogP contribution in [0.5, 0.6) is 5.75 Å². The minimum Gasteiger partial charge on any atom is -0.508 e. The van der Waals surface area contributed by atoms with Gasteiger partial charge in [-0.1, -0.05) is 54.6 Å². The molecule has 0 aliphatic carbocycles. The van der Waals surface area contributed by atoms with Crippen molar-refractivity contribution in [3.05, 3.63) is 90.0 Å². The Morgan fingerprint density at radius 1 is 0.800 bits per heavy atom. The second-order valence-corrected chi connectivity index (χ2v) is 7.35. The number of carbonyl (C=O) groups excluding carboxylic acids is 2. The molecule has 1 atom stereocenters. The summed E-state index contributed by atoms with van der Waals surface area (Å²) in [7, 11) is 0. The van der Waals surface area contributed by atoms with Gasteiger partial charge in [0.1, 0.15) is 5.75 Å². The molecule has 0 radical (unpaired) electrons. The lowest BCUT2D eigenvalue weighted by Crippen LogP contribution is -2.34. The number of esters is 1. The van der Waals surface area contributed by atoms with E-state index < -0.39 is 12.1 Å². The molecule has 0 unspecified atom stereocenters. The van der Waals surface area contributed by atoms with Gasteiger partial charge in [-0.2, -0.15) is 0 Å². The number of amides is 1. The van der Waals surface area contributed by atoms with Crippen LogP contribution in [0.1, 0.15) is 34.9 Å². The van der Waals surface area contributed by atoms with Crippen LogP contribution in [-0.4, -0.2) is 35.0 Å². The molecule has 1 fully saturated rings. The number of hydrogen-bond acceptors (Lipinski definition) is 4. The van der Waals surface area contributed by atoms with Gasteiger partial charge in [-0.25, -0.2) is 4.79 Å².